The summed E-state index contributed by atoms with van der Waals surface area (Å²) in [5.41, 5.74) is 1.57. The van der Waals surface area contributed by atoms with E-state index in [1.165, 1.54) is 0 Å². The van der Waals surface area contributed by atoms with Gasteiger partial charge < -0.3 is 20.5 Å². The van der Waals surface area contributed by atoms with E-state index in [2.05, 4.69) is 10.6 Å². The van der Waals surface area contributed by atoms with Crippen molar-refractivity contribution in [3.63, 3.8) is 0 Å². The minimum Gasteiger partial charge on any atom is -0.489 e. The molecule has 0 aliphatic heterocycles. The Bertz CT molecular complexity index is 613. The van der Waals surface area contributed by atoms with E-state index in [4.69, 9.17) is 9.84 Å². The number of aliphatic hydroxyl groups excluding tert-OH is 1. The summed E-state index contributed by atoms with van der Waals surface area (Å²) in [7, 11) is 0. The van der Waals surface area contributed by atoms with Gasteiger partial charge in [0.2, 0.25) is 0 Å². The average molecular weight is 314 g/mol. The highest BCUT2D eigenvalue weighted by molar-refractivity contribution is 5.90. The molecule has 3 N–H and O–H groups in total. The summed E-state index contributed by atoms with van der Waals surface area (Å²) in [5, 5.41) is 14.7. The number of amides is 2. The van der Waals surface area contributed by atoms with Gasteiger partial charge in [0.15, 0.2) is 0 Å². The molecule has 122 valence electrons. The number of benzene rings is 2. The number of ether oxygens (including phenoxy) is 1. The van der Waals surface area contributed by atoms with Crippen LogP contribution < -0.4 is 15.4 Å². The van der Waals surface area contributed by atoms with Gasteiger partial charge in [0, 0.05) is 11.3 Å². The van der Waals surface area contributed by atoms with Crippen LogP contribution >= 0.6 is 0 Å². The van der Waals surface area contributed by atoms with E-state index in [0.717, 1.165) is 11.3 Å². The third-order valence-electron chi connectivity index (χ3n) is 3.45. The van der Waals surface area contributed by atoms with Crippen LogP contribution in [-0.4, -0.2) is 23.8 Å². The van der Waals surface area contributed by atoms with E-state index in [1.54, 1.807) is 0 Å². The van der Waals surface area contributed by atoms with Gasteiger partial charge in [-0.2, -0.15) is 0 Å². The third-order valence-corrected chi connectivity index (χ3v) is 3.45. The molecule has 0 radical (unpaired) electrons. The highest BCUT2D eigenvalue weighted by Gasteiger charge is 2.11. The number of carbonyl (C=O) groups is 1. The lowest BCUT2D eigenvalue weighted by atomic mass is 10.2. The molecule has 2 aromatic rings. The fourth-order valence-electron chi connectivity index (χ4n) is 2.07. The number of urea groups is 1. The van der Waals surface area contributed by atoms with Crippen molar-refractivity contribution in [3.05, 3.63) is 60.2 Å². The van der Waals surface area contributed by atoms with E-state index in [-0.39, 0.29) is 18.7 Å². The Morgan fingerprint density at radius 3 is 2.52 bits per heavy atom. The molecule has 5 heteroatoms. The SMILES string of the molecule is CCC(CO)NC(=O)Nc1ccccc1COc1ccccc1. The monoisotopic (exact) mass is 314 g/mol. The predicted molar refractivity (Wildman–Crippen MR) is 90.5 cm³/mol. The third kappa shape index (κ3) is 5.30. The maximum absolute atomic E-state index is 12.0. The Morgan fingerprint density at radius 1 is 1.13 bits per heavy atom. The molecule has 2 rings (SSSR count). The van der Waals surface area contributed by atoms with Gasteiger partial charge in [-0.1, -0.05) is 43.3 Å². The lowest BCUT2D eigenvalue weighted by molar-refractivity contribution is 0.222. The first-order valence-corrected chi connectivity index (χ1v) is 7.67. The van der Waals surface area contributed by atoms with Gasteiger partial charge in [0.25, 0.3) is 0 Å². The molecule has 0 aliphatic carbocycles. The van der Waals surface area contributed by atoms with Crippen LogP contribution in [0.3, 0.4) is 0 Å². The molecule has 0 saturated carbocycles. The van der Waals surface area contributed by atoms with E-state index in [0.29, 0.717) is 18.7 Å². The zero-order chi connectivity index (χ0) is 16.5. The van der Waals surface area contributed by atoms with Crippen LogP contribution in [0, 0.1) is 0 Å². The molecule has 0 bridgehead atoms. The molecule has 0 spiro atoms. The number of carbonyl (C=O) groups excluding carboxylic acids is 1. The molecule has 0 heterocycles. The minimum absolute atomic E-state index is 0.0807. The molecule has 2 aromatic carbocycles. The van der Waals surface area contributed by atoms with Gasteiger partial charge in [-0.3, -0.25) is 0 Å². The summed E-state index contributed by atoms with van der Waals surface area (Å²) in [6.07, 6.45) is 0.669. The van der Waals surface area contributed by atoms with E-state index < -0.39 is 0 Å². The number of para-hydroxylation sites is 2. The Hall–Kier alpha value is -2.53. The summed E-state index contributed by atoms with van der Waals surface area (Å²) in [6.45, 7) is 2.18. The number of hydrogen-bond acceptors (Lipinski definition) is 3. The second kappa shape index (κ2) is 8.80. The van der Waals surface area contributed by atoms with Gasteiger partial charge >= 0.3 is 6.03 Å². The lowest BCUT2D eigenvalue weighted by Crippen LogP contribution is -2.39. The van der Waals surface area contributed by atoms with Crippen molar-refractivity contribution in [3.8, 4) is 5.75 Å². The highest BCUT2D eigenvalue weighted by Crippen LogP contribution is 2.18. The Balaban J connectivity index is 1.98. The van der Waals surface area contributed by atoms with Crippen molar-refractivity contribution in [2.45, 2.75) is 26.0 Å². The number of nitrogens with one attached hydrogen (secondary N) is 2. The van der Waals surface area contributed by atoms with Gasteiger partial charge in [0.1, 0.15) is 12.4 Å². The van der Waals surface area contributed by atoms with Gasteiger partial charge in [0.05, 0.1) is 12.6 Å². The van der Waals surface area contributed by atoms with Crippen molar-refractivity contribution in [2.75, 3.05) is 11.9 Å². The quantitative estimate of drug-likeness (QED) is 0.735. The standard InChI is InChI=1S/C18H22N2O3/c1-2-15(12-21)19-18(22)20-17-11-7-6-8-14(17)13-23-16-9-4-3-5-10-16/h3-11,15,21H,2,12-13H2,1H3,(H2,19,20,22). The first-order chi connectivity index (χ1) is 11.2. The Morgan fingerprint density at radius 2 is 1.83 bits per heavy atom. The van der Waals surface area contributed by atoms with Crippen molar-refractivity contribution in [1.29, 1.82) is 0 Å². The Kier molecular flexibility index (Phi) is 6.44. The smallest absolute Gasteiger partial charge is 0.319 e. The van der Waals surface area contributed by atoms with Crippen LogP contribution in [0.4, 0.5) is 10.5 Å². The maximum Gasteiger partial charge on any atom is 0.319 e. The normalized spacial score (nSPS) is 11.6. The van der Waals surface area contributed by atoms with E-state index in [9.17, 15) is 4.79 Å². The second-order valence-corrected chi connectivity index (χ2v) is 5.15. The number of anilines is 1. The topological polar surface area (TPSA) is 70.6 Å². The largest absolute Gasteiger partial charge is 0.489 e. The van der Waals surface area contributed by atoms with Crippen LogP contribution in [0.5, 0.6) is 5.75 Å². The molecule has 1 unspecified atom stereocenters. The summed E-state index contributed by atoms with van der Waals surface area (Å²) in [5.74, 6) is 0.776. The lowest BCUT2D eigenvalue weighted by Gasteiger charge is -2.16. The zero-order valence-corrected chi connectivity index (χ0v) is 13.2. The molecule has 2 amide bonds. The molecule has 5 nitrogen and oxygen atoms in total. The first kappa shape index (κ1) is 16.8. The number of aliphatic hydroxyl groups is 1. The van der Waals surface area contributed by atoms with Crippen LogP contribution in [0.1, 0.15) is 18.9 Å². The average Bonchev–Trinajstić information content (AvgIpc) is 2.60. The van der Waals surface area contributed by atoms with Crippen LogP contribution in [0.15, 0.2) is 54.6 Å². The van der Waals surface area contributed by atoms with Gasteiger partial charge in [-0.05, 0) is 24.6 Å². The Labute approximate surface area is 136 Å². The molecular formula is C18H22N2O3. The van der Waals surface area contributed by atoms with Crippen LogP contribution in [-0.2, 0) is 6.61 Å². The highest BCUT2D eigenvalue weighted by atomic mass is 16.5. The maximum atomic E-state index is 12.0. The van der Waals surface area contributed by atoms with E-state index in [1.807, 2.05) is 61.5 Å². The van der Waals surface area contributed by atoms with Crippen LogP contribution in [0.25, 0.3) is 0 Å². The minimum atomic E-state index is -0.335. The summed E-state index contributed by atoms with van der Waals surface area (Å²) in [4.78, 5) is 12.0. The molecule has 0 fully saturated rings. The molecule has 0 saturated heterocycles. The van der Waals surface area contributed by atoms with Gasteiger partial charge in [-0.25, -0.2) is 4.79 Å². The summed E-state index contributed by atoms with van der Waals surface area (Å²) < 4.78 is 5.73. The molecular weight excluding hydrogens is 292 g/mol. The molecule has 0 aromatic heterocycles. The van der Waals surface area contributed by atoms with Crippen molar-refractivity contribution < 1.29 is 14.6 Å². The molecule has 1 atom stereocenters. The fraction of sp³-hybridized carbons (Fsp3) is 0.278. The number of hydrogen-bond donors (Lipinski definition) is 3. The fourth-order valence-corrected chi connectivity index (χ4v) is 2.07. The van der Waals surface area contributed by atoms with Gasteiger partial charge in [-0.15, -0.1) is 0 Å². The van der Waals surface area contributed by atoms with Crippen molar-refractivity contribution in [2.24, 2.45) is 0 Å². The van der Waals surface area contributed by atoms with E-state index >= 15 is 0 Å². The van der Waals surface area contributed by atoms with Crippen LogP contribution in [0.2, 0.25) is 0 Å². The predicted octanol–water partition coefficient (Wildman–Crippen LogP) is 3.16. The summed E-state index contributed by atoms with van der Waals surface area (Å²) >= 11 is 0. The molecule has 0 aliphatic rings. The van der Waals surface area contributed by atoms with Crippen molar-refractivity contribution >= 4 is 11.7 Å². The first-order valence-electron chi connectivity index (χ1n) is 7.67. The summed E-state index contributed by atoms with van der Waals surface area (Å²) in [6, 6.07) is 16.4. The zero-order valence-electron chi connectivity index (χ0n) is 13.2. The van der Waals surface area contributed by atoms with Crippen molar-refractivity contribution in [1.82, 2.24) is 5.32 Å². The number of rotatable bonds is 7. The molecule has 23 heavy (non-hydrogen) atoms. The second-order valence-electron chi connectivity index (χ2n) is 5.15.